The molecular weight excluding hydrogens is 351 g/mol. The van der Waals surface area contributed by atoms with Gasteiger partial charge < -0.3 is 14.5 Å². The summed E-state index contributed by atoms with van der Waals surface area (Å²) in [5.74, 6) is -1.90. The van der Waals surface area contributed by atoms with Crippen molar-refractivity contribution in [2.75, 3.05) is 7.11 Å². The molecule has 0 amide bonds. The minimum atomic E-state index is -0.850. The number of nitrogens with one attached hydrogen (secondary N) is 1. The van der Waals surface area contributed by atoms with Crippen molar-refractivity contribution < 1.29 is 18.3 Å². The molecular formula is C20H17FN2O4. The Morgan fingerprint density at radius 1 is 1.30 bits per heavy atom. The number of hydrogen-bond acceptors (Lipinski definition) is 6. The van der Waals surface area contributed by atoms with Crippen LogP contribution in [0.1, 0.15) is 31.1 Å². The number of rotatable bonds is 2. The van der Waals surface area contributed by atoms with Gasteiger partial charge in [-0.1, -0.05) is 6.07 Å². The number of halogens is 1. The van der Waals surface area contributed by atoms with E-state index in [4.69, 9.17) is 9.15 Å². The minimum absolute atomic E-state index is 0.0154. The molecule has 0 spiro atoms. The van der Waals surface area contributed by atoms with Crippen LogP contribution in [0.4, 0.5) is 4.39 Å². The maximum Gasteiger partial charge on any atom is 0.336 e. The summed E-state index contributed by atoms with van der Waals surface area (Å²) in [5.41, 5.74) is 1.37. The van der Waals surface area contributed by atoms with Gasteiger partial charge in [0.05, 0.1) is 30.2 Å². The number of carbonyl (C=O) groups is 1. The Morgan fingerprint density at radius 2 is 2.00 bits per heavy atom. The second kappa shape index (κ2) is 6.72. The number of nitrogens with zero attached hydrogens (tertiary/aromatic N) is 1. The fraction of sp³-hybridized carbons (Fsp3) is 0.250. The highest BCUT2D eigenvalue weighted by atomic mass is 19.1. The molecule has 0 bridgehead atoms. The molecule has 27 heavy (non-hydrogen) atoms. The Labute approximate surface area is 154 Å². The first-order valence-corrected chi connectivity index (χ1v) is 8.20. The Balaban J connectivity index is 2.44. The van der Waals surface area contributed by atoms with Crippen LogP contribution in [-0.4, -0.2) is 13.1 Å². The number of hydrogen-bond donors (Lipinski definition) is 1. The molecule has 3 rings (SSSR count). The van der Waals surface area contributed by atoms with Crippen molar-refractivity contribution in [3.05, 3.63) is 68.1 Å². The van der Waals surface area contributed by atoms with E-state index in [1.165, 1.54) is 19.2 Å². The summed E-state index contributed by atoms with van der Waals surface area (Å²) in [6.45, 7) is 4.97. The summed E-state index contributed by atoms with van der Waals surface area (Å²) >= 11 is 0. The molecule has 1 aromatic heterocycles. The Kier molecular flexibility index (Phi) is 4.58. The summed E-state index contributed by atoms with van der Waals surface area (Å²) in [4.78, 5) is 24.8. The standard InChI is InChI=1S/C20H17FN2O4/c1-9-7-15(24)18-14(21)6-5-12(19(18)27-9)17-13(8-22)10(2)23-11(3)16(17)20(25)26-4/h5-7,17,23H,1-4H3. The maximum absolute atomic E-state index is 14.3. The third-order valence-corrected chi connectivity index (χ3v) is 4.58. The molecule has 2 aromatic rings. The molecule has 0 aliphatic carbocycles. The molecule has 7 heteroatoms. The van der Waals surface area contributed by atoms with Crippen LogP contribution < -0.4 is 10.7 Å². The van der Waals surface area contributed by atoms with Crippen LogP contribution in [0.3, 0.4) is 0 Å². The molecule has 138 valence electrons. The third kappa shape index (κ3) is 2.89. The molecule has 0 fully saturated rings. The summed E-state index contributed by atoms with van der Waals surface area (Å²) in [6.07, 6.45) is 0. The van der Waals surface area contributed by atoms with Crippen LogP contribution >= 0.6 is 0 Å². The number of nitriles is 1. The smallest absolute Gasteiger partial charge is 0.336 e. The average molecular weight is 368 g/mol. The highest BCUT2D eigenvalue weighted by molar-refractivity contribution is 5.94. The van der Waals surface area contributed by atoms with Gasteiger partial charge in [0.25, 0.3) is 0 Å². The predicted molar refractivity (Wildman–Crippen MR) is 96.1 cm³/mol. The molecule has 1 atom stereocenters. The topological polar surface area (TPSA) is 92.3 Å². The Morgan fingerprint density at radius 3 is 2.63 bits per heavy atom. The zero-order valence-corrected chi connectivity index (χ0v) is 15.3. The number of dihydropyridines is 1. The largest absolute Gasteiger partial charge is 0.466 e. The van der Waals surface area contributed by atoms with Gasteiger partial charge in [-0.15, -0.1) is 0 Å². The number of aryl methyl sites for hydroxylation is 1. The van der Waals surface area contributed by atoms with Crippen molar-refractivity contribution in [3.63, 3.8) is 0 Å². The van der Waals surface area contributed by atoms with E-state index in [0.717, 1.165) is 6.07 Å². The van der Waals surface area contributed by atoms with Crippen LogP contribution in [0.15, 0.2) is 50.0 Å². The summed E-state index contributed by atoms with van der Waals surface area (Å²) in [6, 6.07) is 5.87. The van der Waals surface area contributed by atoms with Crippen molar-refractivity contribution in [2.45, 2.75) is 26.7 Å². The summed E-state index contributed by atoms with van der Waals surface area (Å²) in [7, 11) is 1.24. The lowest BCUT2D eigenvalue weighted by molar-refractivity contribution is -0.136. The van der Waals surface area contributed by atoms with Gasteiger partial charge in [0.15, 0.2) is 5.43 Å². The van der Waals surface area contributed by atoms with E-state index in [1.54, 1.807) is 20.8 Å². The van der Waals surface area contributed by atoms with Crippen molar-refractivity contribution >= 4 is 16.9 Å². The number of ether oxygens (including phenoxy) is 1. The highest BCUT2D eigenvalue weighted by Gasteiger charge is 2.36. The Bertz CT molecular complexity index is 1140. The molecule has 1 aliphatic heterocycles. The quantitative estimate of drug-likeness (QED) is 0.819. The Hall–Kier alpha value is -3.40. The summed E-state index contributed by atoms with van der Waals surface area (Å²) < 4.78 is 24.9. The fourth-order valence-corrected chi connectivity index (χ4v) is 3.42. The van der Waals surface area contributed by atoms with E-state index < -0.39 is 23.1 Å². The van der Waals surface area contributed by atoms with E-state index in [-0.39, 0.29) is 22.1 Å². The zero-order valence-electron chi connectivity index (χ0n) is 15.3. The lowest BCUT2D eigenvalue weighted by Gasteiger charge is -2.28. The second-order valence-electron chi connectivity index (χ2n) is 6.30. The normalized spacial score (nSPS) is 17.0. The van der Waals surface area contributed by atoms with Gasteiger partial charge in [-0.25, -0.2) is 9.18 Å². The molecule has 1 aromatic carbocycles. The first kappa shape index (κ1) is 18.4. The summed E-state index contributed by atoms with van der Waals surface area (Å²) in [5, 5.41) is 12.5. The van der Waals surface area contributed by atoms with E-state index in [9.17, 15) is 19.2 Å². The average Bonchev–Trinajstić information content (AvgIpc) is 2.60. The molecule has 1 N–H and O–H groups in total. The van der Waals surface area contributed by atoms with Crippen LogP contribution in [0, 0.1) is 24.1 Å². The predicted octanol–water partition coefficient (Wildman–Crippen LogP) is 3.17. The monoisotopic (exact) mass is 368 g/mol. The van der Waals surface area contributed by atoms with Gasteiger partial charge in [-0.05, 0) is 26.8 Å². The zero-order chi connectivity index (χ0) is 19.9. The maximum atomic E-state index is 14.3. The van der Waals surface area contributed by atoms with E-state index in [1.807, 2.05) is 0 Å². The lowest BCUT2D eigenvalue weighted by Crippen LogP contribution is -2.28. The molecule has 0 radical (unpaired) electrons. The van der Waals surface area contributed by atoms with Gasteiger partial charge in [0.1, 0.15) is 22.5 Å². The third-order valence-electron chi connectivity index (χ3n) is 4.58. The number of allylic oxidation sites excluding steroid dienone is 3. The van der Waals surface area contributed by atoms with E-state index in [0.29, 0.717) is 22.7 Å². The van der Waals surface area contributed by atoms with Crippen LogP contribution in [-0.2, 0) is 9.53 Å². The molecule has 1 aliphatic rings. The van der Waals surface area contributed by atoms with Crippen molar-refractivity contribution in [1.82, 2.24) is 5.32 Å². The van der Waals surface area contributed by atoms with Gasteiger partial charge in [0, 0.05) is 23.0 Å². The molecule has 2 heterocycles. The first-order valence-electron chi connectivity index (χ1n) is 8.20. The van der Waals surface area contributed by atoms with E-state index in [2.05, 4.69) is 11.4 Å². The molecule has 0 saturated carbocycles. The van der Waals surface area contributed by atoms with Crippen molar-refractivity contribution in [2.24, 2.45) is 0 Å². The number of fused-ring (bicyclic) bond motifs is 1. The number of esters is 1. The van der Waals surface area contributed by atoms with Gasteiger partial charge in [-0.2, -0.15) is 5.26 Å². The molecule has 0 saturated heterocycles. The molecule has 1 unspecified atom stereocenters. The highest BCUT2D eigenvalue weighted by Crippen LogP contribution is 2.41. The van der Waals surface area contributed by atoms with Gasteiger partial charge >= 0.3 is 5.97 Å². The van der Waals surface area contributed by atoms with Crippen molar-refractivity contribution in [3.8, 4) is 6.07 Å². The van der Waals surface area contributed by atoms with Crippen molar-refractivity contribution in [1.29, 1.82) is 5.26 Å². The van der Waals surface area contributed by atoms with Gasteiger partial charge in [0.2, 0.25) is 0 Å². The molecule has 6 nitrogen and oxygen atoms in total. The minimum Gasteiger partial charge on any atom is -0.466 e. The number of carbonyl (C=O) groups excluding carboxylic acids is 1. The number of methoxy groups -OCH3 is 1. The van der Waals surface area contributed by atoms with Crippen LogP contribution in [0.25, 0.3) is 11.0 Å². The second-order valence-corrected chi connectivity index (χ2v) is 6.30. The van der Waals surface area contributed by atoms with E-state index >= 15 is 0 Å². The van der Waals surface area contributed by atoms with Crippen LogP contribution in [0.2, 0.25) is 0 Å². The lowest BCUT2D eigenvalue weighted by atomic mass is 9.80. The number of benzene rings is 1. The van der Waals surface area contributed by atoms with Gasteiger partial charge in [-0.3, -0.25) is 4.79 Å². The SMILES string of the molecule is COC(=O)C1=C(C)NC(C)=C(C#N)C1c1ccc(F)c2c(=O)cc(C)oc12. The van der Waals surface area contributed by atoms with Crippen LogP contribution in [0.5, 0.6) is 0 Å². The fourth-order valence-electron chi connectivity index (χ4n) is 3.42. The first-order chi connectivity index (χ1) is 12.8.